The summed E-state index contributed by atoms with van der Waals surface area (Å²) in [7, 11) is 1.85. The Labute approximate surface area is 180 Å². The maximum absolute atomic E-state index is 13.4. The quantitative estimate of drug-likeness (QED) is 0.549. The Balaban J connectivity index is 1.81. The van der Waals surface area contributed by atoms with Crippen LogP contribution in [-0.2, 0) is 0 Å². The lowest BCUT2D eigenvalue weighted by molar-refractivity contribution is 0.0706. The van der Waals surface area contributed by atoms with Gasteiger partial charge in [0, 0.05) is 25.4 Å². The number of amides is 1. The molecule has 0 bridgehead atoms. The average molecular weight is 429 g/mol. The molecule has 5 nitrogen and oxygen atoms in total. The van der Waals surface area contributed by atoms with Crippen LogP contribution in [0.1, 0.15) is 28.5 Å². The van der Waals surface area contributed by atoms with Gasteiger partial charge in [0.2, 0.25) is 0 Å². The van der Waals surface area contributed by atoms with Crippen molar-refractivity contribution in [3.63, 3.8) is 0 Å². The lowest BCUT2D eigenvalue weighted by Crippen LogP contribution is -2.44. The van der Waals surface area contributed by atoms with Crippen molar-refractivity contribution >= 4 is 34.7 Å². The van der Waals surface area contributed by atoms with E-state index < -0.39 is 0 Å². The van der Waals surface area contributed by atoms with Gasteiger partial charge in [-0.2, -0.15) is 0 Å². The molecule has 1 N–H and O–H groups in total. The van der Waals surface area contributed by atoms with Crippen LogP contribution in [0.5, 0.6) is 0 Å². The van der Waals surface area contributed by atoms with E-state index in [1.54, 1.807) is 12.3 Å². The molecule has 0 saturated heterocycles. The third-order valence-electron chi connectivity index (χ3n) is 4.78. The van der Waals surface area contributed by atoms with Gasteiger partial charge in [0.1, 0.15) is 10.7 Å². The molecule has 1 aromatic carbocycles. The summed E-state index contributed by atoms with van der Waals surface area (Å²) in [5.74, 6) is 0.983. The molecule has 0 radical (unpaired) electrons. The number of anilines is 1. The Morgan fingerprint density at radius 2 is 1.93 bits per heavy atom. The van der Waals surface area contributed by atoms with Crippen molar-refractivity contribution in [2.45, 2.75) is 26.8 Å². The van der Waals surface area contributed by atoms with Crippen LogP contribution in [0.15, 0.2) is 48.7 Å². The summed E-state index contributed by atoms with van der Waals surface area (Å²) in [6, 6.07) is 13.5. The number of nitrogens with zero attached hydrogens (tertiary/aromatic N) is 3. The molecule has 152 valence electrons. The van der Waals surface area contributed by atoms with Crippen LogP contribution in [0.25, 0.3) is 11.3 Å². The summed E-state index contributed by atoms with van der Waals surface area (Å²) in [4.78, 5) is 24.8. The molecule has 2 aromatic heterocycles. The molecule has 3 rings (SSSR count). The first-order valence-electron chi connectivity index (χ1n) is 9.52. The van der Waals surface area contributed by atoms with Crippen molar-refractivity contribution in [2.24, 2.45) is 5.92 Å². The molecule has 1 atom stereocenters. The third-order valence-corrected chi connectivity index (χ3v) is 5.96. The average Bonchev–Trinajstić information content (AvgIpc) is 3.11. The van der Waals surface area contributed by atoms with E-state index in [9.17, 15) is 4.79 Å². The number of hydrogen-bond acceptors (Lipinski definition) is 5. The van der Waals surface area contributed by atoms with Gasteiger partial charge < -0.3 is 10.2 Å². The smallest absolute Gasteiger partial charge is 0.266 e. The molecule has 0 saturated carbocycles. The number of pyridine rings is 1. The molecule has 0 aliphatic rings. The summed E-state index contributed by atoms with van der Waals surface area (Å²) >= 11 is 7.35. The van der Waals surface area contributed by atoms with E-state index in [0.29, 0.717) is 16.4 Å². The van der Waals surface area contributed by atoms with E-state index >= 15 is 0 Å². The van der Waals surface area contributed by atoms with Gasteiger partial charge in [0.05, 0.1) is 21.8 Å². The van der Waals surface area contributed by atoms with Crippen LogP contribution >= 0.6 is 22.9 Å². The molecule has 0 unspecified atom stereocenters. The van der Waals surface area contributed by atoms with Crippen molar-refractivity contribution in [3.05, 3.63) is 63.6 Å². The molecule has 3 aromatic rings. The number of rotatable bonds is 7. The van der Waals surface area contributed by atoms with Crippen LogP contribution in [0, 0.1) is 12.8 Å². The van der Waals surface area contributed by atoms with Gasteiger partial charge in [-0.1, -0.05) is 55.8 Å². The SMILES string of the molecule is Cc1nc(-c2ccccc2)c(C(=O)N(C)[C@H](CNc2ccc(Cl)cn2)C(C)C)s1. The Morgan fingerprint density at radius 3 is 2.55 bits per heavy atom. The predicted octanol–water partition coefficient (Wildman–Crippen LogP) is 5.38. The molecule has 1 amide bonds. The normalized spacial score (nSPS) is 12.1. The molecular formula is C22H25ClN4OS. The van der Waals surface area contributed by atoms with Gasteiger partial charge in [-0.15, -0.1) is 11.3 Å². The molecule has 7 heteroatoms. The number of carbonyl (C=O) groups is 1. The Kier molecular flexibility index (Phi) is 6.87. The highest BCUT2D eigenvalue weighted by atomic mass is 35.5. The highest BCUT2D eigenvalue weighted by Gasteiger charge is 2.28. The van der Waals surface area contributed by atoms with Gasteiger partial charge >= 0.3 is 0 Å². The lowest BCUT2D eigenvalue weighted by atomic mass is 10.0. The molecule has 0 aliphatic heterocycles. The predicted molar refractivity (Wildman–Crippen MR) is 121 cm³/mol. The van der Waals surface area contributed by atoms with Crippen LogP contribution in [-0.4, -0.2) is 40.4 Å². The standard InChI is InChI=1S/C22H25ClN4OS/c1-14(2)18(13-25-19-11-10-17(23)12-24-19)27(4)22(28)21-20(26-15(3)29-21)16-8-6-5-7-9-16/h5-12,14,18H,13H2,1-4H3,(H,24,25)/t18-/m1/s1. The number of likely N-dealkylation sites (N-methyl/N-ethyl adjacent to an activating group) is 1. The van der Waals surface area contributed by atoms with Gasteiger partial charge in [0.15, 0.2) is 0 Å². The summed E-state index contributed by atoms with van der Waals surface area (Å²) in [5, 5.41) is 4.79. The summed E-state index contributed by atoms with van der Waals surface area (Å²) in [6.07, 6.45) is 1.61. The second-order valence-electron chi connectivity index (χ2n) is 7.25. The zero-order valence-corrected chi connectivity index (χ0v) is 18.6. The molecule has 2 heterocycles. The van der Waals surface area contributed by atoms with E-state index in [4.69, 9.17) is 11.6 Å². The lowest BCUT2D eigenvalue weighted by Gasteiger charge is -2.31. The van der Waals surface area contributed by atoms with Crippen LogP contribution < -0.4 is 5.32 Å². The first-order valence-corrected chi connectivity index (χ1v) is 10.7. The Hall–Kier alpha value is -2.44. The Bertz CT molecular complexity index is 957. The third kappa shape index (κ3) is 5.14. The minimum absolute atomic E-state index is 0.00833. The fourth-order valence-corrected chi connectivity index (χ4v) is 4.22. The van der Waals surface area contributed by atoms with E-state index in [1.165, 1.54) is 11.3 Å². The van der Waals surface area contributed by atoms with Gasteiger partial charge in [-0.05, 0) is 25.0 Å². The molecule has 0 fully saturated rings. The molecule has 0 spiro atoms. The summed E-state index contributed by atoms with van der Waals surface area (Å²) < 4.78 is 0. The topological polar surface area (TPSA) is 58.1 Å². The van der Waals surface area contributed by atoms with Crippen molar-refractivity contribution in [1.29, 1.82) is 0 Å². The van der Waals surface area contributed by atoms with Gasteiger partial charge in [-0.3, -0.25) is 4.79 Å². The van der Waals surface area contributed by atoms with E-state index in [-0.39, 0.29) is 17.9 Å². The number of carbonyl (C=O) groups excluding carboxylic acids is 1. The number of aromatic nitrogens is 2. The second-order valence-corrected chi connectivity index (χ2v) is 8.89. The molecular weight excluding hydrogens is 404 g/mol. The number of nitrogens with one attached hydrogen (secondary N) is 1. The summed E-state index contributed by atoms with van der Waals surface area (Å²) in [5.41, 5.74) is 1.71. The number of hydrogen-bond donors (Lipinski definition) is 1. The van der Waals surface area contributed by atoms with E-state index in [1.807, 2.05) is 55.3 Å². The minimum Gasteiger partial charge on any atom is -0.368 e. The highest BCUT2D eigenvalue weighted by Crippen LogP contribution is 2.30. The van der Waals surface area contributed by atoms with Gasteiger partial charge in [0.25, 0.3) is 5.91 Å². The zero-order chi connectivity index (χ0) is 21.0. The van der Waals surface area contributed by atoms with Crippen LogP contribution in [0.3, 0.4) is 0 Å². The van der Waals surface area contributed by atoms with Crippen molar-refractivity contribution < 1.29 is 4.79 Å². The zero-order valence-electron chi connectivity index (χ0n) is 17.0. The first kappa shape index (κ1) is 21.3. The number of thiazole rings is 1. The second kappa shape index (κ2) is 9.37. The van der Waals surface area contributed by atoms with Crippen molar-refractivity contribution in [2.75, 3.05) is 18.9 Å². The van der Waals surface area contributed by atoms with Crippen molar-refractivity contribution in [1.82, 2.24) is 14.9 Å². The number of benzene rings is 1. The summed E-state index contributed by atoms with van der Waals surface area (Å²) in [6.45, 7) is 6.75. The maximum Gasteiger partial charge on any atom is 0.266 e. The largest absolute Gasteiger partial charge is 0.368 e. The molecule has 29 heavy (non-hydrogen) atoms. The molecule has 0 aliphatic carbocycles. The van der Waals surface area contributed by atoms with Gasteiger partial charge in [-0.25, -0.2) is 9.97 Å². The van der Waals surface area contributed by atoms with Crippen LogP contribution in [0.4, 0.5) is 5.82 Å². The van der Waals surface area contributed by atoms with Crippen molar-refractivity contribution in [3.8, 4) is 11.3 Å². The monoisotopic (exact) mass is 428 g/mol. The fourth-order valence-electron chi connectivity index (χ4n) is 3.18. The number of aryl methyl sites for hydroxylation is 1. The number of halogens is 1. The van der Waals surface area contributed by atoms with E-state index in [2.05, 4.69) is 29.1 Å². The highest BCUT2D eigenvalue weighted by molar-refractivity contribution is 7.14. The fraction of sp³-hybridized carbons (Fsp3) is 0.318. The van der Waals surface area contributed by atoms with E-state index in [0.717, 1.165) is 22.1 Å². The Morgan fingerprint density at radius 1 is 1.21 bits per heavy atom. The minimum atomic E-state index is -0.0148. The van der Waals surface area contributed by atoms with Crippen LogP contribution in [0.2, 0.25) is 5.02 Å². The first-order chi connectivity index (χ1) is 13.9. The maximum atomic E-state index is 13.4.